The van der Waals surface area contributed by atoms with Crippen LogP contribution >= 0.6 is 0 Å². The highest BCUT2D eigenvalue weighted by Crippen LogP contribution is 2.46. The van der Waals surface area contributed by atoms with Crippen LogP contribution in [-0.2, 0) is 0 Å². The third-order valence-electron chi connectivity index (χ3n) is 5.13. The van der Waals surface area contributed by atoms with E-state index >= 15 is 0 Å². The van der Waals surface area contributed by atoms with Gasteiger partial charge in [0.25, 0.3) is 5.91 Å². The SMILES string of the molecule is COc1cc(C(=O)Nc2ccc(N3CCCC3)c(C)c2)c([N+](=O)[O-])c(OC)c1OC. The van der Waals surface area contributed by atoms with E-state index in [9.17, 15) is 14.9 Å². The van der Waals surface area contributed by atoms with E-state index < -0.39 is 16.5 Å². The Balaban J connectivity index is 1.96. The second kappa shape index (κ2) is 8.89. The molecule has 0 radical (unpaired) electrons. The normalized spacial score (nSPS) is 13.1. The summed E-state index contributed by atoms with van der Waals surface area (Å²) in [6, 6.07) is 6.89. The first-order chi connectivity index (χ1) is 14.4. The van der Waals surface area contributed by atoms with Crippen LogP contribution < -0.4 is 24.4 Å². The molecule has 0 aromatic heterocycles. The maximum Gasteiger partial charge on any atom is 0.327 e. The summed E-state index contributed by atoms with van der Waals surface area (Å²) in [6.45, 7) is 4.01. The number of amides is 1. The predicted molar refractivity (Wildman–Crippen MR) is 113 cm³/mol. The molecule has 1 N–H and O–H groups in total. The van der Waals surface area contributed by atoms with Gasteiger partial charge in [0.1, 0.15) is 5.56 Å². The summed E-state index contributed by atoms with van der Waals surface area (Å²) in [5.41, 5.74) is 2.02. The van der Waals surface area contributed by atoms with Crippen LogP contribution in [0.4, 0.5) is 17.1 Å². The number of nitrogens with one attached hydrogen (secondary N) is 1. The summed E-state index contributed by atoms with van der Waals surface area (Å²) < 4.78 is 15.6. The first-order valence-electron chi connectivity index (χ1n) is 9.55. The van der Waals surface area contributed by atoms with E-state index in [0.29, 0.717) is 5.69 Å². The highest BCUT2D eigenvalue weighted by molar-refractivity contribution is 6.08. The Labute approximate surface area is 174 Å². The van der Waals surface area contributed by atoms with Gasteiger partial charge in [-0.15, -0.1) is 0 Å². The number of aryl methyl sites for hydroxylation is 1. The molecule has 1 saturated heterocycles. The molecular weight excluding hydrogens is 390 g/mol. The van der Waals surface area contributed by atoms with Crippen LogP contribution in [0.25, 0.3) is 0 Å². The molecule has 0 aliphatic carbocycles. The van der Waals surface area contributed by atoms with Crippen molar-refractivity contribution in [3.05, 3.63) is 45.5 Å². The van der Waals surface area contributed by atoms with Crippen molar-refractivity contribution in [3.63, 3.8) is 0 Å². The van der Waals surface area contributed by atoms with Crippen LogP contribution in [0.15, 0.2) is 24.3 Å². The second-order valence-electron chi connectivity index (χ2n) is 6.95. The number of methoxy groups -OCH3 is 3. The van der Waals surface area contributed by atoms with Gasteiger partial charge in [-0.25, -0.2) is 0 Å². The number of rotatable bonds is 7. The quantitative estimate of drug-likeness (QED) is 0.542. The first-order valence-corrected chi connectivity index (χ1v) is 9.55. The lowest BCUT2D eigenvalue weighted by atomic mass is 10.1. The molecule has 160 valence electrons. The maximum atomic E-state index is 12.9. The summed E-state index contributed by atoms with van der Waals surface area (Å²) in [5.74, 6) is -0.610. The molecule has 0 spiro atoms. The van der Waals surface area contributed by atoms with Crippen molar-refractivity contribution in [2.45, 2.75) is 19.8 Å². The molecule has 3 rings (SSSR count). The van der Waals surface area contributed by atoms with E-state index in [1.54, 1.807) is 6.07 Å². The average Bonchev–Trinajstić information content (AvgIpc) is 3.26. The van der Waals surface area contributed by atoms with Crippen molar-refractivity contribution in [1.82, 2.24) is 0 Å². The van der Waals surface area contributed by atoms with Gasteiger partial charge in [-0.2, -0.15) is 0 Å². The Morgan fingerprint density at radius 3 is 2.27 bits per heavy atom. The van der Waals surface area contributed by atoms with Crippen LogP contribution in [-0.4, -0.2) is 45.2 Å². The molecule has 2 aromatic rings. The zero-order valence-corrected chi connectivity index (χ0v) is 17.5. The highest BCUT2D eigenvalue weighted by Gasteiger charge is 2.32. The van der Waals surface area contributed by atoms with Gasteiger partial charge in [0.15, 0.2) is 5.75 Å². The van der Waals surface area contributed by atoms with Gasteiger partial charge in [-0.3, -0.25) is 14.9 Å². The molecule has 0 saturated carbocycles. The molecule has 1 heterocycles. The van der Waals surface area contributed by atoms with Crippen LogP contribution in [0, 0.1) is 17.0 Å². The van der Waals surface area contributed by atoms with Gasteiger partial charge in [0.2, 0.25) is 11.5 Å². The van der Waals surface area contributed by atoms with Gasteiger partial charge < -0.3 is 24.4 Å². The molecule has 1 aliphatic rings. The molecule has 30 heavy (non-hydrogen) atoms. The fourth-order valence-corrected chi connectivity index (χ4v) is 3.74. The van der Waals surface area contributed by atoms with Gasteiger partial charge in [-0.05, 0) is 43.5 Å². The van der Waals surface area contributed by atoms with Crippen LogP contribution in [0.3, 0.4) is 0 Å². The van der Waals surface area contributed by atoms with Crippen molar-refractivity contribution >= 4 is 23.0 Å². The number of carbonyl (C=O) groups excluding carboxylic acids is 1. The smallest absolute Gasteiger partial charge is 0.327 e. The minimum Gasteiger partial charge on any atom is -0.493 e. The number of benzene rings is 2. The molecule has 2 aromatic carbocycles. The van der Waals surface area contributed by atoms with Crippen molar-refractivity contribution < 1.29 is 23.9 Å². The summed E-state index contributed by atoms with van der Waals surface area (Å²) in [6.07, 6.45) is 2.34. The summed E-state index contributed by atoms with van der Waals surface area (Å²) in [5, 5.41) is 14.5. The molecule has 0 bridgehead atoms. The number of ether oxygens (including phenoxy) is 3. The molecule has 9 nitrogen and oxygen atoms in total. The number of nitrogens with zero attached hydrogens (tertiary/aromatic N) is 2. The van der Waals surface area contributed by atoms with Crippen molar-refractivity contribution in [2.24, 2.45) is 0 Å². The zero-order valence-electron chi connectivity index (χ0n) is 17.5. The monoisotopic (exact) mass is 415 g/mol. The van der Waals surface area contributed by atoms with Crippen molar-refractivity contribution in [1.29, 1.82) is 0 Å². The highest BCUT2D eigenvalue weighted by atomic mass is 16.6. The van der Waals surface area contributed by atoms with E-state index in [1.807, 2.05) is 19.1 Å². The molecule has 9 heteroatoms. The van der Waals surface area contributed by atoms with E-state index in [2.05, 4.69) is 10.2 Å². The summed E-state index contributed by atoms with van der Waals surface area (Å²) in [7, 11) is 3.99. The topological polar surface area (TPSA) is 103 Å². The Kier molecular flexibility index (Phi) is 6.29. The Morgan fingerprint density at radius 1 is 1.07 bits per heavy atom. The van der Waals surface area contributed by atoms with E-state index in [-0.39, 0.29) is 22.8 Å². The number of nitro benzene ring substituents is 1. The standard InChI is InChI=1S/C21H25N3O6/c1-13-11-14(7-8-16(13)23-9-5-6-10-23)22-21(25)15-12-17(28-2)19(29-3)20(30-4)18(15)24(26)27/h7-8,11-12H,5-6,9-10H2,1-4H3,(H,22,25). The van der Waals surface area contributed by atoms with Crippen LogP contribution in [0.5, 0.6) is 17.2 Å². The van der Waals surface area contributed by atoms with Gasteiger partial charge >= 0.3 is 5.69 Å². The number of nitro groups is 1. The molecular formula is C21H25N3O6. The Bertz CT molecular complexity index is 970. The van der Waals surface area contributed by atoms with Gasteiger partial charge in [-0.1, -0.05) is 0 Å². The Hall–Kier alpha value is -3.49. The Morgan fingerprint density at radius 2 is 1.73 bits per heavy atom. The second-order valence-corrected chi connectivity index (χ2v) is 6.95. The van der Waals surface area contributed by atoms with Crippen LogP contribution in [0.1, 0.15) is 28.8 Å². The summed E-state index contributed by atoms with van der Waals surface area (Å²) >= 11 is 0. The fraction of sp³-hybridized carbons (Fsp3) is 0.381. The van der Waals surface area contributed by atoms with Crippen molar-refractivity contribution in [3.8, 4) is 17.2 Å². The molecule has 1 amide bonds. The largest absolute Gasteiger partial charge is 0.493 e. The third-order valence-corrected chi connectivity index (χ3v) is 5.13. The lowest BCUT2D eigenvalue weighted by Crippen LogP contribution is -2.19. The minimum atomic E-state index is -0.669. The van der Waals surface area contributed by atoms with E-state index in [0.717, 1.165) is 24.3 Å². The van der Waals surface area contributed by atoms with Gasteiger partial charge in [0, 0.05) is 30.5 Å². The first kappa shape index (κ1) is 21.2. The average molecular weight is 415 g/mol. The zero-order chi connectivity index (χ0) is 21.8. The van der Waals surface area contributed by atoms with Crippen molar-refractivity contribution in [2.75, 3.05) is 44.6 Å². The fourth-order valence-electron chi connectivity index (χ4n) is 3.74. The maximum absolute atomic E-state index is 12.9. The molecule has 0 unspecified atom stereocenters. The van der Waals surface area contributed by atoms with E-state index in [1.165, 1.54) is 40.2 Å². The predicted octanol–water partition coefficient (Wildman–Crippen LogP) is 3.78. The number of carbonyl (C=O) groups is 1. The van der Waals surface area contributed by atoms with E-state index in [4.69, 9.17) is 14.2 Å². The lowest BCUT2D eigenvalue weighted by Gasteiger charge is -2.21. The number of hydrogen-bond donors (Lipinski definition) is 1. The minimum absolute atomic E-state index is 0.0501. The number of hydrogen-bond acceptors (Lipinski definition) is 7. The van der Waals surface area contributed by atoms with Crippen LogP contribution in [0.2, 0.25) is 0 Å². The molecule has 1 fully saturated rings. The molecule has 1 aliphatic heterocycles. The number of anilines is 2. The summed E-state index contributed by atoms with van der Waals surface area (Å²) in [4.78, 5) is 26.3. The lowest BCUT2D eigenvalue weighted by molar-refractivity contribution is -0.386. The van der Waals surface area contributed by atoms with Gasteiger partial charge in [0.05, 0.1) is 26.3 Å². The molecule has 0 atom stereocenters. The third kappa shape index (κ3) is 3.96.